The smallest absolute Gasteiger partial charge is 0.274 e. The minimum atomic E-state index is -0.173. The van der Waals surface area contributed by atoms with Crippen molar-refractivity contribution >= 4 is 17.5 Å². The Morgan fingerprint density at radius 1 is 1.39 bits per heavy atom. The topological polar surface area (TPSA) is 77.0 Å². The van der Waals surface area contributed by atoms with E-state index in [1.165, 1.54) is 0 Å². The molecule has 3 rings (SSSR count). The highest BCUT2D eigenvalue weighted by atomic mass is 35.5. The fourth-order valence-electron chi connectivity index (χ4n) is 2.90. The van der Waals surface area contributed by atoms with Crippen molar-refractivity contribution in [2.24, 2.45) is 5.73 Å². The Morgan fingerprint density at radius 3 is 2.83 bits per heavy atom. The summed E-state index contributed by atoms with van der Waals surface area (Å²) in [7, 11) is 0. The fourth-order valence-corrected chi connectivity index (χ4v) is 3.09. The third kappa shape index (κ3) is 3.23. The van der Waals surface area contributed by atoms with Gasteiger partial charge in [-0.15, -0.1) is 0 Å². The van der Waals surface area contributed by atoms with Gasteiger partial charge >= 0.3 is 0 Å². The van der Waals surface area contributed by atoms with Gasteiger partial charge < -0.3 is 10.6 Å². The van der Waals surface area contributed by atoms with Crippen molar-refractivity contribution < 1.29 is 4.79 Å². The number of hydrogen-bond donors (Lipinski definition) is 1. The minimum Gasteiger partial charge on any atom is -0.336 e. The van der Waals surface area contributed by atoms with Crippen molar-refractivity contribution in [3.63, 3.8) is 0 Å². The van der Waals surface area contributed by atoms with E-state index in [1.54, 1.807) is 21.7 Å². The molecule has 1 fully saturated rings. The highest BCUT2D eigenvalue weighted by Crippen LogP contribution is 2.21. The van der Waals surface area contributed by atoms with Crippen LogP contribution in [0.5, 0.6) is 0 Å². The summed E-state index contributed by atoms with van der Waals surface area (Å²) in [5, 5.41) is 4.75. The summed E-state index contributed by atoms with van der Waals surface area (Å²) in [5.41, 5.74) is 8.07. The van der Waals surface area contributed by atoms with E-state index in [0.29, 0.717) is 23.9 Å². The number of carbonyl (C=O) groups is 1. The monoisotopic (exact) mass is 333 g/mol. The number of nitrogens with zero attached hydrogens (tertiary/aromatic N) is 4. The number of piperidine rings is 1. The Bertz CT molecular complexity index is 742. The highest BCUT2D eigenvalue weighted by molar-refractivity contribution is 6.33. The van der Waals surface area contributed by atoms with Crippen molar-refractivity contribution in [3.8, 4) is 5.82 Å². The summed E-state index contributed by atoms with van der Waals surface area (Å²) in [6.45, 7) is 5.09. The average molecular weight is 334 g/mol. The maximum Gasteiger partial charge on any atom is 0.274 e. The van der Waals surface area contributed by atoms with Crippen LogP contribution in [0.15, 0.2) is 18.2 Å². The van der Waals surface area contributed by atoms with Gasteiger partial charge in [0.1, 0.15) is 5.69 Å². The molecule has 23 heavy (non-hydrogen) atoms. The van der Waals surface area contributed by atoms with E-state index in [9.17, 15) is 4.79 Å². The summed E-state index contributed by atoms with van der Waals surface area (Å²) >= 11 is 6.21. The van der Waals surface area contributed by atoms with Crippen LogP contribution in [-0.2, 0) is 0 Å². The molecule has 0 radical (unpaired) electrons. The molecule has 0 aromatic carbocycles. The van der Waals surface area contributed by atoms with Gasteiger partial charge in [-0.2, -0.15) is 5.10 Å². The molecule has 6 nitrogen and oxygen atoms in total. The van der Waals surface area contributed by atoms with Gasteiger partial charge in [-0.3, -0.25) is 4.79 Å². The van der Waals surface area contributed by atoms with Gasteiger partial charge in [-0.25, -0.2) is 9.67 Å². The van der Waals surface area contributed by atoms with E-state index in [0.717, 1.165) is 24.2 Å². The number of rotatable bonds is 2. The van der Waals surface area contributed by atoms with Crippen molar-refractivity contribution in [2.45, 2.75) is 32.7 Å². The molecule has 1 aliphatic rings. The Kier molecular flexibility index (Phi) is 4.37. The summed E-state index contributed by atoms with van der Waals surface area (Å²) < 4.78 is 1.71. The van der Waals surface area contributed by atoms with Gasteiger partial charge in [-0.1, -0.05) is 11.6 Å². The van der Waals surface area contributed by atoms with Gasteiger partial charge in [0.25, 0.3) is 5.91 Å². The van der Waals surface area contributed by atoms with Crippen LogP contribution < -0.4 is 5.73 Å². The molecular formula is C16H20ClN5O. The third-order valence-electron chi connectivity index (χ3n) is 4.01. The fraction of sp³-hybridized carbons (Fsp3) is 0.438. The third-order valence-corrected chi connectivity index (χ3v) is 4.31. The quantitative estimate of drug-likeness (QED) is 0.913. The molecule has 0 aliphatic carbocycles. The first-order valence-corrected chi connectivity index (χ1v) is 8.08. The van der Waals surface area contributed by atoms with Gasteiger partial charge in [0.15, 0.2) is 5.82 Å². The van der Waals surface area contributed by atoms with Crippen molar-refractivity contribution in [2.75, 3.05) is 13.1 Å². The zero-order valence-electron chi connectivity index (χ0n) is 13.3. The summed E-state index contributed by atoms with van der Waals surface area (Å²) in [5.74, 6) is 0.415. The number of halogens is 1. The van der Waals surface area contributed by atoms with Gasteiger partial charge in [0.2, 0.25) is 0 Å². The maximum atomic E-state index is 12.7. The molecule has 3 heterocycles. The molecular weight excluding hydrogens is 314 g/mol. The number of aryl methyl sites for hydroxylation is 2. The highest BCUT2D eigenvalue weighted by Gasteiger charge is 2.25. The minimum absolute atomic E-state index is 0.0191. The standard InChI is InChI=1S/C16H20ClN5O/c1-10-8-11(2)22(20-10)14-6-5-13(17)15(19-14)16(23)21-7-3-4-12(18)9-21/h5-6,8,12H,3-4,7,9,18H2,1-2H3/t12-/m1/s1. The van der Waals surface area contributed by atoms with E-state index >= 15 is 0 Å². The number of hydrogen-bond acceptors (Lipinski definition) is 4. The molecule has 1 atom stereocenters. The Labute approximate surface area is 140 Å². The number of aromatic nitrogens is 3. The van der Waals surface area contributed by atoms with E-state index in [-0.39, 0.29) is 17.6 Å². The number of pyridine rings is 1. The predicted octanol–water partition coefficient (Wildman–Crippen LogP) is 2.10. The van der Waals surface area contributed by atoms with Crippen LogP contribution >= 0.6 is 11.6 Å². The lowest BCUT2D eigenvalue weighted by atomic mass is 10.1. The molecule has 122 valence electrons. The molecule has 1 amide bonds. The maximum absolute atomic E-state index is 12.7. The van der Waals surface area contributed by atoms with E-state index in [2.05, 4.69) is 10.1 Å². The first-order chi connectivity index (χ1) is 11.0. The lowest BCUT2D eigenvalue weighted by molar-refractivity contribution is 0.0703. The molecule has 0 bridgehead atoms. The number of likely N-dealkylation sites (tertiary alicyclic amines) is 1. The molecule has 0 unspecified atom stereocenters. The molecule has 1 saturated heterocycles. The first kappa shape index (κ1) is 16.0. The summed E-state index contributed by atoms with van der Waals surface area (Å²) in [4.78, 5) is 18.9. The number of nitrogens with two attached hydrogens (primary N) is 1. The molecule has 0 spiro atoms. The second kappa shape index (κ2) is 6.29. The zero-order valence-corrected chi connectivity index (χ0v) is 14.0. The molecule has 1 aliphatic heterocycles. The second-order valence-electron chi connectivity index (χ2n) is 5.99. The lowest BCUT2D eigenvalue weighted by Crippen LogP contribution is -2.46. The van der Waals surface area contributed by atoms with Crippen LogP contribution in [-0.4, -0.2) is 44.7 Å². The van der Waals surface area contributed by atoms with E-state index < -0.39 is 0 Å². The van der Waals surface area contributed by atoms with Crippen LogP contribution in [0.2, 0.25) is 5.02 Å². The Morgan fingerprint density at radius 2 is 2.17 bits per heavy atom. The van der Waals surface area contributed by atoms with Crippen molar-refractivity contribution in [1.29, 1.82) is 0 Å². The molecule has 2 aromatic heterocycles. The number of amides is 1. The van der Waals surface area contributed by atoms with Crippen molar-refractivity contribution in [1.82, 2.24) is 19.7 Å². The van der Waals surface area contributed by atoms with E-state index in [4.69, 9.17) is 17.3 Å². The van der Waals surface area contributed by atoms with E-state index in [1.807, 2.05) is 19.9 Å². The normalized spacial score (nSPS) is 18.3. The van der Waals surface area contributed by atoms with Crippen LogP contribution in [0.1, 0.15) is 34.7 Å². The Hall–Kier alpha value is -1.92. The summed E-state index contributed by atoms with van der Waals surface area (Å²) in [6.07, 6.45) is 1.85. The number of carbonyl (C=O) groups excluding carboxylic acids is 1. The van der Waals surface area contributed by atoms with Crippen LogP contribution in [0, 0.1) is 13.8 Å². The van der Waals surface area contributed by atoms with Gasteiger partial charge in [-0.05, 0) is 44.9 Å². The molecule has 0 saturated carbocycles. The Balaban J connectivity index is 1.94. The molecule has 2 aromatic rings. The van der Waals surface area contributed by atoms with Gasteiger partial charge in [0, 0.05) is 24.8 Å². The zero-order chi connectivity index (χ0) is 16.6. The largest absolute Gasteiger partial charge is 0.336 e. The predicted molar refractivity (Wildman–Crippen MR) is 89.0 cm³/mol. The van der Waals surface area contributed by atoms with Crippen LogP contribution in [0.4, 0.5) is 0 Å². The average Bonchev–Trinajstić information content (AvgIpc) is 2.86. The lowest BCUT2D eigenvalue weighted by Gasteiger charge is -2.30. The second-order valence-corrected chi connectivity index (χ2v) is 6.40. The SMILES string of the molecule is Cc1cc(C)n(-c2ccc(Cl)c(C(=O)N3CCC[C@@H](N)C3)n2)n1. The van der Waals surface area contributed by atoms with Gasteiger partial charge in [0.05, 0.1) is 10.7 Å². The first-order valence-electron chi connectivity index (χ1n) is 7.71. The van der Waals surface area contributed by atoms with Crippen molar-refractivity contribution in [3.05, 3.63) is 40.3 Å². The van der Waals surface area contributed by atoms with Crippen LogP contribution in [0.25, 0.3) is 5.82 Å². The summed E-state index contributed by atoms with van der Waals surface area (Å²) in [6, 6.07) is 5.44. The molecule has 7 heteroatoms. The molecule has 2 N–H and O–H groups in total. The van der Waals surface area contributed by atoms with Crippen LogP contribution in [0.3, 0.4) is 0 Å².